The molecule has 4 nitrogen and oxygen atoms in total. The first-order valence-corrected chi connectivity index (χ1v) is 5.88. The zero-order chi connectivity index (χ0) is 12.6. The van der Waals surface area contributed by atoms with Crippen molar-refractivity contribution in [3.63, 3.8) is 0 Å². The summed E-state index contributed by atoms with van der Waals surface area (Å²) in [5.41, 5.74) is 5.29. The summed E-state index contributed by atoms with van der Waals surface area (Å²) in [5.74, 6) is -0.184. The Morgan fingerprint density at radius 2 is 2.00 bits per heavy atom. The topological polar surface area (TPSA) is 55.6 Å². The normalized spacial score (nSPS) is 26.5. The first-order valence-electron chi connectivity index (χ1n) is 5.88. The molecule has 0 saturated carbocycles. The highest BCUT2D eigenvalue weighted by Gasteiger charge is 2.38. The van der Waals surface area contributed by atoms with E-state index < -0.39 is 5.41 Å². The quantitative estimate of drug-likeness (QED) is 0.742. The molecular weight excluding hydrogens is 204 g/mol. The first-order chi connectivity index (χ1) is 7.13. The van der Waals surface area contributed by atoms with Crippen molar-refractivity contribution in [2.24, 2.45) is 11.1 Å². The average Bonchev–Trinajstić information content (AvgIpc) is 2.06. The van der Waals surface area contributed by atoms with Crippen molar-refractivity contribution in [1.82, 2.24) is 5.06 Å². The van der Waals surface area contributed by atoms with Crippen LogP contribution in [0, 0.1) is 5.41 Å². The highest BCUT2D eigenvalue weighted by Crippen LogP contribution is 2.28. The number of carbonyl (C=O) groups excluding carboxylic acids is 1. The number of hydroxylamine groups is 2. The predicted octanol–water partition coefficient (Wildman–Crippen LogP) is 1.69. The van der Waals surface area contributed by atoms with Crippen molar-refractivity contribution in [3.8, 4) is 0 Å². The summed E-state index contributed by atoms with van der Waals surface area (Å²) in [6.07, 6.45) is 1.73. The van der Waals surface area contributed by atoms with Crippen LogP contribution in [0.15, 0.2) is 0 Å². The summed E-state index contributed by atoms with van der Waals surface area (Å²) in [6, 6.07) is 0.208. The summed E-state index contributed by atoms with van der Waals surface area (Å²) in [5, 5.41) is 1.78. The second kappa shape index (κ2) is 4.34. The van der Waals surface area contributed by atoms with Crippen molar-refractivity contribution in [1.29, 1.82) is 0 Å². The average molecular weight is 228 g/mol. The van der Waals surface area contributed by atoms with Crippen LogP contribution in [0.25, 0.3) is 0 Å². The van der Waals surface area contributed by atoms with Crippen LogP contribution in [0.3, 0.4) is 0 Å². The van der Waals surface area contributed by atoms with E-state index in [1.165, 1.54) is 0 Å². The molecule has 0 aromatic heterocycles. The number of rotatable bonds is 1. The standard InChI is InChI=1S/C12H24N2O2/c1-11(2,3)10(15)16-14-7-6-9(13)8-12(14,4)5/h9H,6-8,13H2,1-5H3. The van der Waals surface area contributed by atoms with E-state index in [1.807, 2.05) is 20.8 Å². The largest absolute Gasteiger partial charge is 0.367 e. The van der Waals surface area contributed by atoms with Gasteiger partial charge in [-0.05, 0) is 47.5 Å². The Bertz CT molecular complexity index is 269. The van der Waals surface area contributed by atoms with E-state index in [9.17, 15) is 4.79 Å². The minimum Gasteiger partial charge on any atom is -0.367 e. The fraction of sp³-hybridized carbons (Fsp3) is 0.917. The number of nitrogens with zero attached hydrogens (tertiary/aromatic N) is 1. The third-order valence-corrected chi connectivity index (χ3v) is 2.95. The minimum absolute atomic E-state index is 0.168. The Morgan fingerprint density at radius 3 is 2.44 bits per heavy atom. The fourth-order valence-corrected chi connectivity index (χ4v) is 1.84. The zero-order valence-corrected chi connectivity index (χ0v) is 11.0. The van der Waals surface area contributed by atoms with Crippen LogP contribution in [0.5, 0.6) is 0 Å². The van der Waals surface area contributed by atoms with Crippen molar-refractivity contribution in [3.05, 3.63) is 0 Å². The van der Waals surface area contributed by atoms with Crippen molar-refractivity contribution >= 4 is 5.97 Å². The molecule has 1 rings (SSSR count). The molecule has 1 fully saturated rings. The minimum atomic E-state index is -0.463. The van der Waals surface area contributed by atoms with Crippen LogP contribution >= 0.6 is 0 Å². The van der Waals surface area contributed by atoms with Gasteiger partial charge in [0.1, 0.15) is 0 Å². The van der Waals surface area contributed by atoms with E-state index in [0.29, 0.717) is 0 Å². The molecule has 1 unspecified atom stereocenters. The summed E-state index contributed by atoms with van der Waals surface area (Å²) < 4.78 is 0. The van der Waals surface area contributed by atoms with Gasteiger partial charge in [0.15, 0.2) is 0 Å². The lowest BCUT2D eigenvalue weighted by Gasteiger charge is -2.43. The van der Waals surface area contributed by atoms with Gasteiger partial charge in [-0.25, -0.2) is 4.79 Å². The molecule has 2 N–H and O–H groups in total. The fourth-order valence-electron chi connectivity index (χ4n) is 1.84. The smallest absolute Gasteiger partial charge is 0.330 e. The molecule has 0 bridgehead atoms. The highest BCUT2D eigenvalue weighted by atomic mass is 16.7. The third-order valence-electron chi connectivity index (χ3n) is 2.95. The van der Waals surface area contributed by atoms with Crippen molar-refractivity contribution < 1.29 is 9.63 Å². The Labute approximate surface area is 98.1 Å². The van der Waals surface area contributed by atoms with Crippen LogP contribution in [0.4, 0.5) is 0 Å². The Morgan fingerprint density at radius 1 is 1.44 bits per heavy atom. The maximum absolute atomic E-state index is 11.8. The number of hydrogen-bond donors (Lipinski definition) is 1. The molecule has 1 saturated heterocycles. The van der Waals surface area contributed by atoms with E-state index in [0.717, 1.165) is 19.4 Å². The number of carbonyl (C=O) groups is 1. The molecule has 0 aliphatic carbocycles. The monoisotopic (exact) mass is 228 g/mol. The lowest BCUT2D eigenvalue weighted by Crippen LogP contribution is -2.54. The molecule has 0 spiro atoms. The highest BCUT2D eigenvalue weighted by molar-refractivity contribution is 5.75. The number of hydrogen-bond acceptors (Lipinski definition) is 4. The van der Waals surface area contributed by atoms with Gasteiger partial charge >= 0.3 is 5.97 Å². The SMILES string of the molecule is CC(C)(C)C(=O)ON1CCC(N)CC1(C)C. The van der Waals surface area contributed by atoms with Crippen LogP contribution in [0.1, 0.15) is 47.5 Å². The van der Waals surface area contributed by atoms with E-state index in [2.05, 4.69) is 13.8 Å². The van der Waals surface area contributed by atoms with Gasteiger partial charge in [0.05, 0.1) is 11.0 Å². The molecule has 0 aromatic rings. The predicted molar refractivity (Wildman–Crippen MR) is 63.5 cm³/mol. The van der Waals surface area contributed by atoms with Crippen LogP contribution < -0.4 is 5.73 Å². The lowest BCUT2D eigenvalue weighted by molar-refractivity contribution is -0.234. The molecule has 1 aliphatic heterocycles. The number of nitrogens with two attached hydrogens (primary N) is 1. The molecular formula is C12H24N2O2. The molecule has 4 heteroatoms. The van der Waals surface area contributed by atoms with Gasteiger partial charge in [-0.1, -0.05) is 0 Å². The zero-order valence-electron chi connectivity index (χ0n) is 11.0. The summed E-state index contributed by atoms with van der Waals surface area (Å²) >= 11 is 0. The second-order valence-electron chi connectivity index (χ2n) is 6.30. The Kier molecular flexibility index (Phi) is 3.65. The lowest BCUT2D eigenvalue weighted by atomic mass is 9.89. The summed E-state index contributed by atoms with van der Waals surface area (Å²) in [7, 11) is 0. The van der Waals surface area contributed by atoms with Gasteiger partial charge in [0, 0.05) is 12.6 Å². The van der Waals surface area contributed by atoms with Gasteiger partial charge in [-0.3, -0.25) is 0 Å². The van der Waals surface area contributed by atoms with Crippen LogP contribution in [0.2, 0.25) is 0 Å². The van der Waals surface area contributed by atoms with Gasteiger partial charge in [-0.2, -0.15) is 0 Å². The Hall–Kier alpha value is -0.610. The maximum atomic E-state index is 11.8. The van der Waals surface area contributed by atoms with Gasteiger partial charge in [0.2, 0.25) is 0 Å². The molecule has 1 aliphatic rings. The summed E-state index contributed by atoms with van der Waals surface area (Å²) in [6.45, 7) is 10.4. The molecule has 0 amide bonds. The van der Waals surface area contributed by atoms with E-state index in [4.69, 9.17) is 10.6 Å². The number of piperidine rings is 1. The van der Waals surface area contributed by atoms with Crippen LogP contribution in [-0.4, -0.2) is 29.2 Å². The Balaban J connectivity index is 2.64. The molecule has 16 heavy (non-hydrogen) atoms. The van der Waals surface area contributed by atoms with E-state index in [-0.39, 0.29) is 17.6 Å². The van der Waals surface area contributed by atoms with Gasteiger partial charge in [-0.15, -0.1) is 5.06 Å². The van der Waals surface area contributed by atoms with E-state index in [1.54, 1.807) is 5.06 Å². The van der Waals surface area contributed by atoms with Crippen molar-refractivity contribution in [2.75, 3.05) is 6.54 Å². The molecule has 0 radical (unpaired) electrons. The summed E-state index contributed by atoms with van der Waals surface area (Å²) in [4.78, 5) is 17.3. The maximum Gasteiger partial charge on any atom is 0.330 e. The van der Waals surface area contributed by atoms with E-state index >= 15 is 0 Å². The van der Waals surface area contributed by atoms with Gasteiger partial charge in [0.25, 0.3) is 0 Å². The third kappa shape index (κ3) is 3.19. The van der Waals surface area contributed by atoms with Crippen molar-refractivity contribution in [2.45, 2.75) is 59.0 Å². The second-order valence-corrected chi connectivity index (χ2v) is 6.30. The molecule has 1 heterocycles. The first kappa shape index (κ1) is 13.5. The molecule has 94 valence electrons. The molecule has 1 atom stereocenters. The molecule has 0 aromatic carbocycles. The van der Waals surface area contributed by atoms with Crippen LogP contribution in [-0.2, 0) is 9.63 Å². The van der Waals surface area contributed by atoms with Gasteiger partial charge < -0.3 is 10.6 Å².